The van der Waals surface area contributed by atoms with Crippen molar-refractivity contribution in [1.82, 2.24) is 0 Å². The molecule has 0 amide bonds. The molecule has 1 atom stereocenters. The molecule has 1 unspecified atom stereocenters. The minimum atomic E-state index is -1.45. The molecular weight excluding hydrogens is 200 g/mol. The minimum absolute atomic E-state index is 0.115. The largest absolute Gasteiger partial charge is 0.497 e. The van der Waals surface area contributed by atoms with Gasteiger partial charge in [0.05, 0.1) is 14.2 Å². The van der Waals surface area contributed by atoms with Gasteiger partial charge in [-0.15, -0.1) is 0 Å². The molecule has 82 valence electrons. The molecule has 0 spiro atoms. The molecule has 0 saturated heterocycles. The Balaban J connectivity index is 3.18. The third-order valence-corrected chi connectivity index (χ3v) is 2.15. The second kappa shape index (κ2) is 4.27. The summed E-state index contributed by atoms with van der Waals surface area (Å²) in [4.78, 5) is 22.7. The highest BCUT2D eigenvalue weighted by molar-refractivity contribution is 6.04. The molecule has 0 radical (unpaired) electrons. The second-order valence-corrected chi connectivity index (χ2v) is 2.88. The van der Waals surface area contributed by atoms with Crippen LogP contribution in [0, 0.1) is 0 Å². The fourth-order valence-electron chi connectivity index (χ4n) is 1.35. The van der Waals surface area contributed by atoms with Crippen LogP contribution in [0.15, 0.2) is 24.0 Å². The van der Waals surface area contributed by atoms with E-state index in [2.05, 4.69) is 4.74 Å². The summed E-state index contributed by atoms with van der Waals surface area (Å²) >= 11 is 0. The van der Waals surface area contributed by atoms with Crippen LogP contribution in [0.2, 0.25) is 0 Å². The van der Waals surface area contributed by atoms with E-state index in [0.717, 1.165) is 0 Å². The lowest BCUT2D eigenvalue weighted by atomic mass is 9.95. The van der Waals surface area contributed by atoms with Crippen LogP contribution >= 0.6 is 0 Å². The number of hydrogen-bond donors (Lipinski definition) is 0. The Hall–Kier alpha value is -1.62. The summed E-state index contributed by atoms with van der Waals surface area (Å²) in [6, 6.07) is 0. The minimum Gasteiger partial charge on any atom is -0.497 e. The average Bonchev–Trinajstić information content (AvgIpc) is 2.28. The van der Waals surface area contributed by atoms with Gasteiger partial charge in [0.25, 0.3) is 0 Å². The number of carbonyl (C=O) groups is 2. The molecule has 0 aliphatic heterocycles. The summed E-state index contributed by atoms with van der Waals surface area (Å²) in [5.74, 6) is -0.783. The van der Waals surface area contributed by atoms with E-state index in [1.54, 1.807) is 0 Å². The molecule has 0 N–H and O–H groups in total. The van der Waals surface area contributed by atoms with E-state index in [9.17, 15) is 9.59 Å². The Morgan fingerprint density at radius 2 is 2.00 bits per heavy atom. The van der Waals surface area contributed by atoms with Crippen LogP contribution in [-0.2, 0) is 23.8 Å². The van der Waals surface area contributed by atoms with Crippen molar-refractivity contribution in [2.75, 3.05) is 21.3 Å². The Bertz CT molecular complexity index is 342. The average molecular weight is 212 g/mol. The Morgan fingerprint density at radius 1 is 1.33 bits per heavy atom. The van der Waals surface area contributed by atoms with Gasteiger partial charge in [0.2, 0.25) is 5.60 Å². The molecule has 1 rings (SSSR count). The van der Waals surface area contributed by atoms with E-state index >= 15 is 0 Å². The van der Waals surface area contributed by atoms with Gasteiger partial charge in [-0.25, -0.2) is 4.79 Å². The van der Waals surface area contributed by atoms with E-state index in [0.29, 0.717) is 0 Å². The number of carbonyl (C=O) groups excluding carboxylic acids is 2. The molecule has 5 heteroatoms. The number of methoxy groups -OCH3 is 3. The molecule has 0 aromatic heterocycles. The van der Waals surface area contributed by atoms with Crippen molar-refractivity contribution in [3.05, 3.63) is 24.0 Å². The van der Waals surface area contributed by atoms with Crippen molar-refractivity contribution >= 4 is 11.8 Å². The lowest BCUT2D eigenvalue weighted by Gasteiger charge is -2.29. The fraction of sp³-hybridized carbons (Fsp3) is 0.400. The predicted octanol–water partition coefficient (Wildman–Crippen LogP) is 0.214. The maximum Gasteiger partial charge on any atom is 0.350 e. The fourth-order valence-corrected chi connectivity index (χ4v) is 1.35. The molecule has 1 aliphatic carbocycles. The quantitative estimate of drug-likeness (QED) is 0.626. The van der Waals surface area contributed by atoms with E-state index < -0.39 is 11.6 Å². The SMILES string of the molecule is COC(=O)C1(OC)C=CC(=O)C=C1OC. The van der Waals surface area contributed by atoms with Gasteiger partial charge in [-0.3, -0.25) is 4.79 Å². The number of rotatable bonds is 3. The summed E-state index contributed by atoms with van der Waals surface area (Å²) in [7, 11) is 3.93. The zero-order valence-electron chi connectivity index (χ0n) is 8.77. The lowest BCUT2D eigenvalue weighted by molar-refractivity contribution is -0.159. The van der Waals surface area contributed by atoms with Crippen LogP contribution < -0.4 is 0 Å². The van der Waals surface area contributed by atoms with Gasteiger partial charge in [-0.1, -0.05) is 0 Å². The first-order valence-electron chi connectivity index (χ1n) is 4.23. The molecule has 5 nitrogen and oxygen atoms in total. The van der Waals surface area contributed by atoms with Crippen LogP contribution in [0.5, 0.6) is 0 Å². The van der Waals surface area contributed by atoms with Gasteiger partial charge in [0, 0.05) is 13.2 Å². The van der Waals surface area contributed by atoms with E-state index in [4.69, 9.17) is 9.47 Å². The van der Waals surface area contributed by atoms with Crippen molar-refractivity contribution < 1.29 is 23.8 Å². The highest BCUT2D eigenvalue weighted by Gasteiger charge is 2.45. The van der Waals surface area contributed by atoms with Gasteiger partial charge in [0.15, 0.2) is 5.78 Å². The summed E-state index contributed by atoms with van der Waals surface area (Å²) in [6.45, 7) is 0. The van der Waals surface area contributed by atoms with Crippen LogP contribution in [0.1, 0.15) is 0 Å². The summed E-state index contributed by atoms with van der Waals surface area (Å²) in [6.07, 6.45) is 3.75. The summed E-state index contributed by atoms with van der Waals surface area (Å²) < 4.78 is 14.6. The van der Waals surface area contributed by atoms with Crippen LogP contribution in [0.3, 0.4) is 0 Å². The second-order valence-electron chi connectivity index (χ2n) is 2.88. The molecule has 0 heterocycles. The summed E-state index contributed by atoms with van der Waals surface area (Å²) in [5, 5.41) is 0. The van der Waals surface area contributed by atoms with Gasteiger partial charge in [-0.2, -0.15) is 0 Å². The zero-order chi connectivity index (χ0) is 11.5. The van der Waals surface area contributed by atoms with Gasteiger partial charge < -0.3 is 14.2 Å². The molecule has 0 bridgehead atoms. The van der Waals surface area contributed by atoms with Crippen molar-refractivity contribution in [1.29, 1.82) is 0 Å². The van der Waals surface area contributed by atoms with Crippen molar-refractivity contribution in [2.24, 2.45) is 0 Å². The number of ketones is 1. The molecule has 0 aromatic carbocycles. The summed E-state index contributed by atoms with van der Waals surface area (Å²) in [5.41, 5.74) is -1.45. The van der Waals surface area contributed by atoms with Crippen molar-refractivity contribution in [3.63, 3.8) is 0 Å². The van der Waals surface area contributed by atoms with Gasteiger partial charge in [0.1, 0.15) is 5.76 Å². The number of esters is 1. The number of hydrogen-bond acceptors (Lipinski definition) is 5. The van der Waals surface area contributed by atoms with E-state index in [-0.39, 0.29) is 11.5 Å². The van der Waals surface area contributed by atoms with Gasteiger partial charge in [-0.05, 0) is 12.2 Å². The lowest BCUT2D eigenvalue weighted by Crippen LogP contribution is -2.44. The maximum absolute atomic E-state index is 11.6. The molecule has 0 aromatic rings. The first kappa shape index (κ1) is 11.5. The Kier molecular flexibility index (Phi) is 3.26. The molecule has 15 heavy (non-hydrogen) atoms. The van der Waals surface area contributed by atoms with Crippen LogP contribution in [0.4, 0.5) is 0 Å². The molecule has 0 fully saturated rings. The highest BCUT2D eigenvalue weighted by Crippen LogP contribution is 2.28. The molecule has 1 aliphatic rings. The maximum atomic E-state index is 11.6. The standard InChI is InChI=1S/C10H12O5/c1-13-8-6-7(11)4-5-10(8,15-3)9(12)14-2/h4-6H,1-3H3. The topological polar surface area (TPSA) is 61.8 Å². The highest BCUT2D eigenvalue weighted by atomic mass is 16.6. The smallest absolute Gasteiger partial charge is 0.350 e. The number of ether oxygens (including phenoxy) is 3. The zero-order valence-corrected chi connectivity index (χ0v) is 8.77. The molecule has 0 saturated carbocycles. The Morgan fingerprint density at radius 3 is 2.47 bits per heavy atom. The molecular formula is C10H12O5. The third kappa shape index (κ3) is 1.78. The first-order valence-corrected chi connectivity index (χ1v) is 4.23. The van der Waals surface area contributed by atoms with E-state index in [1.165, 1.54) is 39.6 Å². The first-order chi connectivity index (χ1) is 7.10. The number of allylic oxidation sites excluding steroid dienone is 2. The van der Waals surface area contributed by atoms with Crippen molar-refractivity contribution in [2.45, 2.75) is 5.60 Å². The normalized spacial score (nSPS) is 24.7. The third-order valence-electron chi connectivity index (χ3n) is 2.15. The Labute approximate surface area is 87.3 Å². The predicted molar refractivity (Wildman–Crippen MR) is 51.0 cm³/mol. The van der Waals surface area contributed by atoms with Gasteiger partial charge >= 0.3 is 5.97 Å². The van der Waals surface area contributed by atoms with Crippen LogP contribution in [-0.4, -0.2) is 38.7 Å². The van der Waals surface area contributed by atoms with Crippen molar-refractivity contribution in [3.8, 4) is 0 Å². The monoisotopic (exact) mass is 212 g/mol. The van der Waals surface area contributed by atoms with Crippen LogP contribution in [0.25, 0.3) is 0 Å². The van der Waals surface area contributed by atoms with E-state index in [1.807, 2.05) is 0 Å².